The van der Waals surface area contributed by atoms with E-state index in [0.717, 1.165) is 15.8 Å². The first-order valence-corrected chi connectivity index (χ1v) is 5.96. The van der Waals surface area contributed by atoms with E-state index in [1.807, 2.05) is 18.2 Å². The first-order chi connectivity index (χ1) is 5.40. The SMILES string of the molecule is C[Se]c1nc2ccccc2[nH]1. The van der Waals surface area contributed by atoms with E-state index in [2.05, 4.69) is 21.9 Å². The zero-order valence-corrected chi connectivity index (χ0v) is 7.88. The number of hydrogen-bond donors (Lipinski definition) is 1. The molecule has 1 aromatic heterocycles. The van der Waals surface area contributed by atoms with Crippen molar-refractivity contribution in [1.82, 2.24) is 9.97 Å². The third-order valence-corrected chi connectivity index (χ3v) is 2.78. The van der Waals surface area contributed by atoms with E-state index in [9.17, 15) is 0 Å². The number of fused-ring (bicyclic) bond motifs is 1. The molecule has 1 heterocycles. The van der Waals surface area contributed by atoms with Crippen molar-refractivity contribution < 1.29 is 0 Å². The fourth-order valence-corrected chi connectivity index (χ4v) is 1.87. The van der Waals surface area contributed by atoms with Crippen molar-refractivity contribution in [3.05, 3.63) is 24.3 Å². The molecule has 11 heavy (non-hydrogen) atoms. The molecular weight excluding hydrogens is 203 g/mol. The van der Waals surface area contributed by atoms with E-state index in [4.69, 9.17) is 0 Å². The van der Waals surface area contributed by atoms with Crippen LogP contribution in [0.5, 0.6) is 0 Å². The molecular formula is C8H8N2Se. The fraction of sp³-hybridized carbons (Fsp3) is 0.125. The molecule has 1 N–H and O–H groups in total. The Morgan fingerprint density at radius 3 is 2.91 bits per heavy atom. The maximum atomic E-state index is 4.40. The summed E-state index contributed by atoms with van der Waals surface area (Å²) in [5, 5.41) is 0. The van der Waals surface area contributed by atoms with Crippen LogP contribution in [0.15, 0.2) is 24.3 Å². The molecule has 2 nitrogen and oxygen atoms in total. The number of H-pyrrole nitrogens is 1. The van der Waals surface area contributed by atoms with Crippen LogP contribution in [0.4, 0.5) is 0 Å². The standard InChI is InChI=1S/C8H8N2Se/c1-11-8-9-6-4-2-3-5-7(6)10-8/h2-5H,1H3,(H,9,10). The Balaban J connectivity index is 2.69. The van der Waals surface area contributed by atoms with E-state index in [0.29, 0.717) is 15.0 Å². The summed E-state index contributed by atoms with van der Waals surface area (Å²) in [5.41, 5.74) is 2.22. The molecule has 2 rings (SSSR count). The van der Waals surface area contributed by atoms with Gasteiger partial charge in [-0.15, -0.1) is 0 Å². The van der Waals surface area contributed by atoms with E-state index < -0.39 is 0 Å². The molecule has 0 aliphatic carbocycles. The summed E-state index contributed by atoms with van der Waals surface area (Å²) in [6, 6.07) is 8.11. The maximum absolute atomic E-state index is 4.40. The number of nitrogens with zero attached hydrogens (tertiary/aromatic N) is 1. The zero-order valence-electron chi connectivity index (χ0n) is 6.16. The normalized spacial score (nSPS) is 10.6. The molecule has 3 heteroatoms. The quantitative estimate of drug-likeness (QED) is 0.699. The Morgan fingerprint density at radius 2 is 2.18 bits per heavy atom. The van der Waals surface area contributed by atoms with Gasteiger partial charge < -0.3 is 0 Å². The van der Waals surface area contributed by atoms with Crippen LogP contribution < -0.4 is 4.72 Å². The van der Waals surface area contributed by atoms with Crippen LogP contribution in [0.3, 0.4) is 0 Å². The molecule has 56 valence electrons. The first-order valence-electron chi connectivity index (χ1n) is 3.39. The number of para-hydroxylation sites is 2. The average molecular weight is 211 g/mol. The van der Waals surface area contributed by atoms with E-state index in [-0.39, 0.29) is 0 Å². The Morgan fingerprint density at radius 1 is 1.36 bits per heavy atom. The number of nitrogens with one attached hydrogen (secondary N) is 1. The molecule has 0 saturated heterocycles. The molecule has 1 aromatic carbocycles. The van der Waals surface area contributed by atoms with E-state index in [1.165, 1.54) is 0 Å². The summed E-state index contributed by atoms with van der Waals surface area (Å²) in [4.78, 5) is 7.67. The van der Waals surface area contributed by atoms with Gasteiger partial charge in [-0.25, -0.2) is 0 Å². The van der Waals surface area contributed by atoms with Crippen molar-refractivity contribution in [2.45, 2.75) is 5.82 Å². The monoisotopic (exact) mass is 212 g/mol. The summed E-state index contributed by atoms with van der Waals surface area (Å²) < 4.78 is 1.12. The summed E-state index contributed by atoms with van der Waals surface area (Å²) in [6.07, 6.45) is 0. The minimum absolute atomic E-state index is 0.471. The van der Waals surface area contributed by atoms with Crippen LogP contribution in [0, 0.1) is 0 Å². The van der Waals surface area contributed by atoms with Gasteiger partial charge in [-0.3, -0.25) is 0 Å². The van der Waals surface area contributed by atoms with Gasteiger partial charge in [-0.05, 0) is 0 Å². The van der Waals surface area contributed by atoms with Crippen LogP contribution in [-0.2, 0) is 0 Å². The van der Waals surface area contributed by atoms with Gasteiger partial charge in [0.15, 0.2) is 0 Å². The predicted octanol–water partition coefficient (Wildman–Crippen LogP) is 0.940. The number of imidazole rings is 1. The van der Waals surface area contributed by atoms with Gasteiger partial charge in [0.1, 0.15) is 0 Å². The molecule has 0 aliphatic heterocycles. The minimum atomic E-state index is 0.471. The van der Waals surface area contributed by atoms with Crippen LogP contribution in [0.25, 0.3) is 11.0 Å². The fourth-order valence-electron chi connectivity index (χ4n) is 1.03. The van der Waals surface area contributed by atoms with E-state index >= 15 is 0 Å². The molecule has 0 atom stereocenters. The molecule has 0 amide bonds. The number of hydrogen-bond acceptors (Lipinski definition) is 1. The molecule has 0 radical (unpaired) electrons. The Bertz CT molecular complexity index is 334. The van der Waals surface area contributed by atoms with Crippen molar-refractivity contribution >= 4 is 30.7 Å². The van der Waals surface area contributed by atoms with Gasteiger partial charge in [0.2, 0.25) is 0 Å². The Labute approximate surface area is 71.2 Å². The van der Waals surface area contributed by atoms with E-state index in [1.54, 1.807) is 0 Å². The summed E-state index contributed by atoms with van der Waals surface area (Å²) >= 11 is 0.471. The van der Waals surface area contributed by atoms with Gasteiger partial charge in [-0.1, -0.05) is 0 Å². The van der Waals surface area contributed by atoms with Crippen molar-refractivity contribution in [2.75, 3.05) is 0 Å². The predicted molar refractivity (Wildman–Crippen MR) is 47.3 cm³/mol. The molecule has 0 aliphatic rings. The summed E-state index contributed by atoms with van der Waals surface area (Å²) in [6.45, 7) is 0. The van der Waals surface area contributed by atoms with Crippen LogP contribution in [0.1, 0.15) is 0 Å². The van der Waals surface area contributed by atoms with Gasteiger partial charge in [-0.2, -0.15) is 0 Å². The third-order valence-electron chi connectivity index (χ3n) is 1.56. The number of aromatic nitrogens is 2. The van der Waals surface area contributed by atoms with Crippen molar-refractivity contribution in [3.63, 3.8) is 0 Å². The van der Waals surface area contributed by atoms with Gasteiger partial charge in [0.25, 0.3) is 0 Å². The van der Waals surface area contributed by atoms with Crippen molar-refractivity contribution in [1.29, 1.82) is 0 Å². The summed E-state index contributed by atoms with van der Waals surface area (Å²) in [7, 11) is 0. The second-order valence-corrected chi connectivity index (χ2v) is 3.93. The second-order valence-electron chi connectivity index (χ2n) is 2.26. The topological polar surface area (TPSA) is 28.7 Å². The third kappa shape index (κ3) is 1.17. The van der Waals surface area contributed by atoms with Crippen LogP contribution in [0.2, 0.25) is 5.82 Å². The summed E-state index contributed by atoms with van der Waals surface area (Å²) in [5.74, 6) is 2.16. The van der Waals surface area contributed by atoms with Gasteiger partial charge in [0.05, 0.1) is 0 Å². The number of aromatic amines is 1. The Kier molecular flexibility index (Phi) is 1.68. The molecule has 0 unspecified atom stereocenters. The first kappa shape index (κ1) is 6.89. The van der Waals surface area contributed by atoms with Gasteiger partial charge >= 0.3 is 70.8 Å². The average Bonchev–Trinajstić information content (AvgIpc) is 2.46. The van der Waals surface area contributed by atoms with Crippen LogP contribution in [-0.4, -0.2) is 24.9 Å². The Hall–Kier alpha value is -0.791. The molecule has 0 fully saturated rings. The number of rotatable bonds is 1. The van der Waals surface area contributed by atoms with Crippen molar-refractivity contribution in [2.24, 2.45) is 0 Å². The van der Waals surface area contributed by atoms with Gasteiger partial charge in [0, 0.05) is 0 Å². The van der Waals surface area contributed by atoms with Crippen molar-refractivity contribution in [3.8, 4) is 0 Å². The second kappa shape index (κ2) is 2.68. The molecule has 0 saturated carbocycles. The number of benzene rings is 1. The van der Waals surface area contributed by atoms with Crippen LogP contribution >= 0.6 is 0 Å². The molecule has 0 bridgehead atoms. The zero-order chi connectivity index (χ0) is 7.68. The molecule has 2 aromatic rings. The molecule has 0 spiro atoms.